The summed E-state index contributed by atoms with van der Waals surface area (Å²) in [6, 6.07) is 13.3. The summed E-state index contributed by atoms with van der Waals surface area (Å²) in [5, 5.41) is 9.79. The smallest absolute Gasteiger partial charge is 0.165 e. The molecule has 3 heteroatoms. The van der Waals surface area contributed by atoms with Gasteiger partial charge in [0.15, 0.2) is 11.6 Å². The van der Waals surface area contributed by atoms with Crippen LogP contribution in [0.25, 0.3) is 0 Å². The zero-order valence-corrected chi connectivity index (χ0v) is 10.8. The molecule has 3 rings (SSSR count). The van der Waals surface area contributed by atoms with Gasteiger partial charge in [0.05, 0.1) is 0 Å². The number of fused-ring (bicyclic) bond motifs is 1. The van der Waals surface area contributed by atoms with Crippen molar-refractivity contribution < 1.29 is 9.50 Å². The molecule has 0 aromatic heterocycles. The van der Waals surface area contributed by atoms with E-state index in [2.05, 4.69) is 24.0 Å². The maximum Gasteiger partial charge on any atom is 0.165 e. The van der Waals surface area contributed by atoms with Crippen LogP contribution < -0.4 is 4.90 Å². The van der Waals surface area contributed by atoms with Crippen molar-refractivity contribution in [1.82, 2.24) is 0 Å². The van der Waals surface area contributed by atoms with E-state index in [0.717, 1.165) is 6.42 Å². The lowest BCUT2D eigenvalue weighted by molar-refractivity contribution is 0.424. The van der Waals surface area contributed by atoms with Gasteiger partial charge in [0, 0.05) is 23.8 Å². The molecular weight excluding hydrogens is 241 g/mol. The Morgan fingerprint density at radius 3 is 2.84 bits per heavy atom. The van der Waals surface area contributed by atoms with E-state index in [1.54, 1.807) is 12.1 Å². The SMILES string of the molecule is CC1Cc2ccccc2N1Cc1cccc(F)c1O. The van der Waals surface area contributed by atoms with Gasteiger partial charge in [-0.1, -0.05) is 30.3 Å². The first-order valence-electron chi connectivity index (χ1n) is 6.47. The van der Waals surface area contributed by atoms with Gasteiger partial charge in [-0.2, -0.15) is 0 Å². The van der Waals surface area contributed by atoms with Gasteiger partial charge in [-0.25, -0.2) is 4.39 Å². The standard InChI is InChI=1S/C16H16FNO/c1-11-9-12-5-2-3-8-15(12)18(11)10-13-6-4-7-14(17)16(13)19/h2-8,11,19H,9-10H2,1H3. The van der Waals surface area contributed by atoms with E-state index in [4.69, 9.17) is 0 Å². The first kappa shape index (κ1) is 12.0. The van der Waals surface area contributed by atoms with E-state index in [-0.39, 0.29) is 5.75 Å². The highest BCUT2D eigenvalue weighted by molar-refractivity contribution is 5.59. The average molecular weight is 257 g/mol. The molecule has 2 nitrogen and oxygen atoms in total. The zero-order chi connectivity index (χ0) is 13.4. The summed E-state index contributed by atoms with van der Waals surface area (Å²) in [7, 11) is 0. The molecule has 0 saturated heterocycles. The molecular formula is C16H16FNO. The lowest BCUT2D eigenvalue weighted by atomic mass is 10.1. The molecule has 1 aliphatic heterocycles. The summed E-state index contributed by atoms with van der Waals surface area (Å²) in [6.07, 6.45) is 0.992. The fourth-order valence-electron chi connectivity index (χ4n) is 2.74. The van der Waals surface area contributed by atoms with E-state index < -0.39 is 5.82 Å². The second-order valence-electron chi connectivity index (χ2n) is 5.06. The van der Waals surface area contributed by atoms with Crippen LogP contribution in [0.1, 0.15) is 18.1 Å². The average Bonchev–Trinajstić information content (AvgIpc) is 2.72. The monoisotopic (exact) mass is 257 g/mol. The predicted molar refractivity (Wildman–Crippen MR) is 73.9 cm³/mol. The summed E-state index contributed by atoms with van der Waals surface area (Å²) in [5.41, 5.74) is 3.12. The largest absolute Gasteiger partial charge is 0.505 e. The van der Waals surface area contributed by atoms with Gasteiger partial charge >= 0.3 is 0 Å². The Kier molecular flexibility index (Phi) is 2.90. The number of aromatic hydroxyl groups is 1. The molecule has 1 N–H and O–H groups in total. The molecule has 98 valence electrons. The van der Waals surface area contributed by atoms with E-state index in [1.807, 2.05) is 12.1 Å². The Morgan fingerprint density at radius 2 is 2.00 bits per heavy atom. The molecule has 0 amide bonds. The van der Waals surface area contributed by atoms with Crippen molar-refractivity contribution in [2.24, 2.45) is 0 Å². The second-order valence-corrected chi connectivity index (χ2v) is 5.06. The molecule has 1 unspecified atom stereocenters. The van der Waals surface area contributed by atoms with E-state index in [1.165, 1.54) is 17.3 Å². The van der Waals surface area contributed by atoms with Crippen LogP contribution in [0, 0.1) is 5.82 Å². The van der Waals surface area contributed by atoms with Gasteiger partial charge in [-0.3, -0.25) is 0 Å². The number of hydrogen-bond acceptors (Lipinski definition) is 2. The van der Waals surface area contributed by atoms with Gasteiger partial charge in [0.2, 0.25) is 0 Å². The van der Waals surface area contributed by atoms with Gasteiger partial charge in [0.25, 0.3) is 0 Å². The predicted octanol–water partition coefficient (Wildman–Crippen LogP) is 3.48. The Bertz CT molecular complexity index is 611. The van der Waals surface area contributed by atoms with Crippen molar-refractivity contribution in [2.75, 3.05) is 4.90 Å². The molecule has 1 heterocycles. The minimum absolute atomic E-state index is 0.237. The highest BCUT2D eigenvalue weighted by Gasteiger charge is 2.26. The number of anilines is 1. The Balaban J connectivity index is 1.93. The molecule has 0 aliphatic carbocycles. The Morgan fingerprint density at radius 1 is 1.21 bits per heavy atom. The first-order chi connectivity index (χ1) is 9.16. The fraction of sp³-hybridized carbons (Fsp3) is 0.250. The van der Waals surface area contributed by atoms with Crippen LogP contribution >= 0.6 is 0 Å². The molecule has 2 aromatic rings. The lowest BCUT2D eigenvalue weighted by Crippen LogP contribution is -2.28. The molecule has 19 heavy (non-hydrogen) atoms. The van der Waals surface area contributed by atoms with Crippen molar-refractivity contribution in [3.05, 3.63) is 59.4 Å². The maximum absolute atomic E-state index is 13.4. The van der Waals surface area contributed by atoms with Gasteiger partial charge < -0.3 is 10.0 Å². The number of hydrogen-bond donors (Lipinski definition) is 1. The van der Waals surface area contributed by atoms with Gasteiger partial charge in [0.1, 0.15) is 0 Å². The van der Waals surface area contributed by atoms with Crippen molar-refractivity contribution in [2.45, 2.75) is 25.9 Å². The minimum Gasteiger partial charge on any atom is -0.505 e. The van der Waals surface area contributed by atoms with E-state index >= 15 is 0 Å². The summed E-state index contributed by atoms with van der Waals surface area (Å²) in [4.78, 5) is 2.21. The normalized spacial score (nSPS) is 17.6. The first-order valence-corrected chi connectivity index (χ1v) is 6.47. The number of para-hydroxylation sites is 2. The minimum atomic E-state index is -0.558. The molecule has 0 radical (unpaired) electrons. The van der Waals surface area contributed by atoms with Crippen molar-refractivity contribution in [3.63, 3.8) is 0 Å². The molecule has 0 fully saturated rings. The number of phenolic OH excluding ortho intramolecular Hbond substituents is 1. The van der Waals surface area contributed by atoms with Gasteiger partial charge in [-0.05, 0) is 31.0 Å². The second kappa shape index (κ2) is 4.57. The highest BCUT2D eigenvalue weighted by atomic mass is 19.1. The summed E-state index contributed by atoms with van der Waals surface area (Å²) in [6.45, 7) is 2.68. The highest BCUT2D eigenvalue weighted by Crippen LogP contribution is 2.34. The van der Waals surface area contributed by atoms with E-state index in [0.29, 0.717) is 18.2 Å². The maximum atomic E-state index is 13.4. The van der Waals surface area contributed by atoms with Crippen molar-refractivity contribution >= 4 is 5.69 Å². The molecule has 2 aromatic carbocycles. The van der Waals surface area contributed by atoms with Crippen LogP contribution in [0.3, 0.4) is 0 Å². The quantitative estimate of drug-likeness (QED) is 0.890. The van der Waals surface area contributed by atoms with Gasteiger partial charge in [-0.15, -0.1) is 0 Å². The third-order valence-electron chi connectivity index (χ3n) is 3.76. The molecule has 0 saturated carbocycles. The Hall–Kier alpha value is -2.03. The number of nitrogens with zero attached hydrogens (tertiary/aromatic N) is 1. The summed E-state index contributed by atoms with van der Waals surface area (Å²) >= 11 is 0. The Labute approximate surface area is 112 Å². The molecule has 0 bridgehead atoms. The van der Waals surface area contributed by atoms with Crippen molar-refractivity contribution in [3.8, 4) is 5.75 Å². The van der Waals surface area contributed by atoms with Crippen LogP contribution in [0.4, 0.5) is 10.1 Å². The van der Waals surface area contributed by atoms with E-state index in [9.17, 15) is 9.50 Å². The van der Waals surface area contributed by atoms with Crippen molar-refractivity contribution in [1.29, 1.82) is 0 Å². The van der Waals surface area contributed by atoms with Crippen LogP contribution in [0.15, 0.2) is 42.5 Å². The van der Waals surface area contributed by atoms with Crippen LogP contribution in [-0.2, 0) is 13.0 Å². The number of rotatable bonds is 2. The van der Waals surface area contributed by atoms with Crippen LogP contribution in [0.2, 0.25) is 0 Å². The third kappa shape index (κ3) is 2.05. The van der Waals surface area contributed by atoms with Crippen LogP contribution in [-0.4, -0.2) is 11.1 Å². The van der Waals surface area contributed by atoms with Crippen LogP contribution in [0.5, 0.6) is 5.75 Å². The molecule has 1 aliphatic rings. The number of halogens is 1. The number of benzene rings is 2. The topological polar surface area (TPSA) is 23.5 Å². The third-order valence-corrected chi connectivity index (χ3v) is 3.76. The number of phenols is 1. The fourth-order valence-corrected chi connectivity index (χ4v) is 2.74. The zero-order valence-electron chi connectivity index (χ0n) is 10.8. The summed E-state index contributed by atoms with van der Waals surface area (Å²) in [5.74, 6) is -0.795. The molecule has 0 spiro atoms. The lowest BCUT2D eigenvalue weighted by Gasteiger charge is -2.25. The molecule has 1 atom stereocenters. The summed E-state index contributed by atoms with van der Waals surface area (Å²) < 4.78 is 13.4.